The Morgan fingerprint density at radius 2 is 2.00 bits per heavy atom. The Hall–Kier alpha value is -2.63. The van der Waals surface area contributed by atoms with Crippen LogP contribution in [-0.2, 0) is 0 Å². The lowest BCUT2D eigenvalue weighted by molar-refractivity contribution is 0.328. The Bertz CT molecular complexity index is 1300. The van der Waals surface area contributed by atoms with Crippen LogP contribution < -0.4 is 15.0 Å². The van der Waals surface area contributed by atoms with Crippen LogP contribution in [0.4, 0.5) is 0 Å². The SMILES string of the molecule is C#CCOc1c(OC)cc(C=Nn2c(C3CCCCC3)nc3ccccc3c2=O)c(Br)c1Br. The van der Waals surface area contributed by atoms with E-state index in [-0.39, 0.29) is 18.1 Å². The number of rotatable bonds is 6. The van der Waals surface area contributed by atoms with Gasteiger partial charge in [-0.3, -0.25) is 4.79 Å². The lowest BCUT2D eigenvalue weighted by Gasteiger charge is -2.22. The molecule has 0 spiro atoms. The minimum Gasteiger partial charge on any atom is -0.493 e. The molecule has 4 rings (SSSR count). The van der Waals surface area contributed by atoms with E-state index in [2.05, 4.69) is 42.9 Å². The zero-order valence-corrected chi connectivity index (χ0v) is 21.4. The van der Waals surface area contributed by atoms with Crippen molar-refractivity contribution in [1.29, 1.82) is 0 Å². The molecule has 33 heavy (non-hydrogen) atoms. The number of hydrogen-bond acceptors (Lipinski definition) is 5. The summed E-state index contributed by atoms with van der Waals surface area (Å²) in [7, 11) is 1.55. The predicted octanol–water partition coefficient (Wildman–Crippen LogP) is 5.87. The lowest BCUT2D eigenvalue weighted by atomic mass is 9.88. The molecular formula is C25H23Br2N3O3. The fourth-order valence-corrected chi connectivity index (χ4v) is 5.03. The monoisotopic (exact) mass is 571 g/mol. The molecule has 1 aromatic heterocycles. The summed E-state index contributed by atoms with van der Waals surface area (Å²) >= 11 is 7.13. The Balaban J connectivity index is 1.82. The topological polar surface area (TPSA) is 65.7 Å². The van der Waals surface area contributed by atoms with E-state index in [4.69, 9.17) is 20.9 Å². The zero-order chi connectivity index (χ0) is 23.4. The van der Waals surface area contributed by atoms with E-state index in [9.17, 15) is 4.79 Å². The van der Waals surface area contributed by atoms with Gasteiger partial charge in [-0.25, -0.2) is 4.98 Å². The molecule has 170 valence electrons. The van der Waals surface area contributed by atoms with Crippen LogP contribution >= 0.6 is 31.9 Å². The third-order valence-corrected chi connectivity index (χ3v) is 7.88. The smallest absolute Gasteiger partial charge is 0.282 e. The molecule has 0 radical (unpaired) electrons. The van der Waals surface area contributed by atoms with Gasteiger partial charge in [0.25, 0.3) is 5.56 Å². The second-order valence-corrected chi connectivity index (χ2v) is 9.39. The molecule has 6 nitrogen and oxygen atoms in total. The number of benzene rings is 2. The molecule has 3 aromatic rings. The normalized spacial score (nSPS) is 14.5. The van der Waals surface area contributed by atoms with Gasteiger partial charge >= 0.3 is 0 Å². The van der Waals surface area contributed by atoms with Gasteiger partial charge in [0.2, 0.25) is 0 Å². The molecule has 0 amide bonds. The van der Waals surface area contributed by atoms with Gasteiger partial charge in [-0.05, 0) is 62.9 Å². The van der Waals surface area contributed by atoms with E-state index in [1.807, 2.05) is 18.2 Å². The van der Waals surface area contributed by atoms with E-state index < -0.39 is 0 Å². The highest BCUT2D eigenvalue weighted by atomic mass is 79.9. The van der Waals surface area contributed by atoms with Crippen LogP contribution in [0.2, 0.25) is 0 Å². The van der Waals surface area contributed by atoms with Crippen molar-refractivity contribution in [3.05, 3.63) is 61.0 Å². The number of halogens is 2. The van der Waals surface area contributed by atoms with Crippen molar-refractivity contribution in [2.24, 2.45) is 5.10 Å². The highest BCUT2D eigenvalue weighted by molar-refractivity contribution is 9.13. The number of nitrogens with zero attached hydrogens (tertiary/aromatic N) is 3. The third-order valence-electron chi connectivity index (χ3n) is 5.74. The average molecular weight is 573 g/mol. The molecule has 1 saturated carbocycles. The molecule has 0 N–H and O–H groups in total. The predicted molar refractivity (Wildman–Crippen MR) is 138 cm³/mol. The summed E-state index contributed by atoms with van der Waals surface area (Å²) in [5.74, 6) is 4.36. The van der Waals surface area contributed by atoms with Gasteiger partial charge in [0, 0.05) is 16.0 Å². The number of fused-ring (bicyclic) bond motifs is 1. The summed E-state index contributed by atoms with van der Waals surface area (Å²) in [6.45, 7) is 0.109. The van der Waals surface area contributed by atoms with Gasteiger partial charge in [-0.15, -0.1) is 6.42 Å². The number of aromatic nitrogens is 2. The van der Waals surface area contributed by atoms with Crippen LogP contribution in [-0.4, -0.2) is 29.6 Å². The minimum absolute atomic E-state index is 0.109. The van der Waals surface area contributed by atoms with Gasteiger partial charge in [0.15, 0.2) is 11.5 Å². The fourth-order valence-electron chi connectivity index (χ4n) is 4.10. The van der Waals surface area contributed by atoms with Crippen LogP contribution in [0.3, 0.4) is 0 Å². The van der Waals surface area contributed by atoms with Gasteiger partial charge in [0.1, 0.15) is 12.4 Å². The van der Waals surface area contributed by atoms with E-state index in [0.717, 1.165) is 25.7 Å². The summed E-state index contributed by atoms with van der Waals surface area (Å²) in [5.41, 5.74) is 1.24. The van der Waals surface area contributed by atoms with Crippen LogP contribution in [0.15, 0.2) is 49.2 Å². The van der Waals surface area contributed by atoms with Crippen molar-refractivity contribution in [1.82, 2.24) is 9.66 Å². The molecule has 8 heteroatoms. The molecule has 2 aromatic carbocycles. The largest absolute Gasteiger partial charge is 0.493 e. The van der Waals surface area contributed by atoms with Gasteiger partial charge in [-0.2, -0.15) is 9.78 Å². The first-order chi connectivity index (χ1) is 16.0. The number of methoxy groups -OCH3 is 1. The molecule has 1 heterocycles. The summed E-state index contributed by atoms with van der Waals surface area (Å²) in [6.07, 6.45) is 12.4. The number of hydrogen-bond donors (Lipinski definition) is 0. The first-order valence-corrected chi connectivity index (χ1v) is 12.3. The maximum Gasteiger partial charge on any atom is 0.282 e. The van der Waals surface area contributed by atoms with Crippen molar-refractivity contribution >= 4 is 49.0 Å². The summed E-state index contributed by atoms with van der Waals surface area (Å²) in [5, 5.41) is 5.15. The molecule has 0 bridgehead atoms. The van der Waals surface area contributed by atoms with Crippen molar-refractivity contribution in [3.8, 4) is 23.8 Å². The molecular weight excluding hydrogens is 550 g/mol. The lowest BCUT2D eigenvalue weighted by Crippen LogP contribution is -2.25. The Kier molecular flexibility index (Phi) is 7.51. The average Bonchev–Trinajstić information content (AvgIpc) is 2.85. The molecule has 1 fully saturated rings. The Morgan fingerprint density at radius 1 is 1.24 bits per heavy atom. The van der Waals surface area contributed by atoms with E-state index >= 15 is 0 Å². The Labute approximate surface area is 209 Å². The summed E-state index contributed by atoms with van der Waals surface area (Å²) < 4.78 is 13.9. The van der Waals surface area contributed by atoms with Crippen LogP contribution in [0.25, 0.3) is 10.9 Å². The Morgan fingerprint density at radius 3 is 2.73 bits per heavy atom. The van der Waals surface area contributed by atoms with Gasteiger partial charge in [0.05, 0.1) is 28.7 Å². The van der Waals surface area contributed by atoms with Gasteiger partial charge in [-0.1, -0.05) is 37.3 Å². The highest BCUT2D eigenvalue weighted by Gasteiger charge is 2.23. The van der Waals surface area contributed by atoms with E-state index in [0.29, 0.717) is 42.7 Å². The summed E-state index contributed by atoms with van der Waals surface area (Å²) in [6, 6.07) is 9.19. The van der Waals surface area contributed by atoms with Crippen molar-refractivity contribution < 1.29 is 9.47 Å². The van der Waals surface area contributed by atoms with E-state index in [1.54, 1.807) is 25.5 Å². The van der Waals surface area contributed by atoms with Gasteiger partial charge < -0.3 is 9.47 Å². The minimum atomic E-state index is -0.173. The maximum absolute atomic E-state index is 13.4. The molecule has 0 atom stereocenters. The van der Waals surface area contributed by atoms with Crippen molar-refractivity contribution in [3.63, 3.8) is 0 Å². The quantitative estimate of drug-likeness (QED) is 0.273. The highest BCUT2D eigenvalue weighted by Crippen LogP contribution is 2.42. The first kappa shape index (κ1) is 23.5. The number of terminal acetylenes is 1. The first-order valence-electron chi connectivity index (χ1n) is 10.7. The molecule has 0 aliphatic heterocycles. The molecule has 1 aliphatic rings. The fraction of sp³-hybridized carbons (Fsp3) is 0.320. The third kappa shape index (κ3) is 4.85. The summed E-state index contributed by atoms with van der Waals surface area (Å²) in [4.78, 5) is 18.2. The molecule has 1 aliphatic carbocycles. The van der Waals surface area contributed by atoms with Crippen molar-refractivity contribution in [2.75, 3.05) is 13.7 Å². The van der Waals surface area contributed by atoms with Crippen LogP contribution in [0, 0.1) is 12.3 Å². The second-order valence-electron chi connectivity index (χ2n) is 7.80. The van der Waals surface area contributed by atoms with E-state index in [1.165, 1.54) is 11.1 Å². The number of ether oxygens (including phenoxy) is 2. The molecule has 0 saturated heterocycles. The maximum atomic E-state index is 13.4. The van der Waals surface area contributed by atoms with Crippen molar-refractivity contribution in [2.45, 2.75) is 38.0 Å². The molecule has 0 unspecified atom stereocenters. The van der Waals surface area contributed by atoms with Crippen LogP contribution in [0.5, 0.6) is 11.5 Å². The zero-order valence-electron chi connectivity index (χ0n) is 18.2. The van der Waals surface area contributed by atoms with Crippen LogP contribution in [0.1, 0.15) is 49.4 Å². The standard InChI is InChI=1S/C25H23Br2N3O3/c1-3-13-33-23-20(32-2)14-17(21(26)22(23)27)15-28-30-24(16-9-5-4-6-10-16)29-19-12-8-7-11-18(19)25(30)31/h1,7-8,11-12,14-16H,4-6,9-10,13H2,2H3. The number of para-hydroxylation sites is 1. The second kappa shape index (κ2) is 10.5.